The molecule has 0 unspecified atom stereocenters. The third kappa shape index (κ3) is 4.30. The number of anilines is 1. The molecule has 0 radical (unpaired) electrons. The molecule has 0 aliphatic rings. The number of benzene rings is 1. The van der Waals surface area contributed by atoms with Crippen LogP contribution in [0.4, 0.5) is 5.69 Å². The standard InChI is InChI=1S/C15H16N4O3S/c1-21-11-6-3-7-12(22-2)13(11)17-15(23)19-18-14(20)10-5-4-8-16-9-10/h3-9H,1-2H3,(H,18,20)(H2,17,19,23). The Hall–Kier alpha value is -2.87. The summed E-state index contributed by atoms with van der Waals surface area (Å²) in [7, 11) is 3.08. The average molecular weight is 332 g/mol. The van der Waals surface area contributed by atoms with E-state index in [1.54, 1.807) is 50.7 Å². The highest BCUT2D eigenvalue weighted by molar-refractivity contribution is 7.80. The number of aromatic nitrogens is 1. The smallest absolute Gasteiger partial charge is 0.271 e. The summed E-state index contributed by atoms with van der Waals surface area (Å²) in [6.07, 6.45) is 3.04. The SMILES string of the molecule is COc1cccc(OC)c1NC(=S)NNC(=O)c1cccnc1. The van der Waals surface area contributed by atoms with Gasteiger partial charge < -0.3 is 14.8 Å². The van der Waals surface area contributed by atoms with Gasteiger partial charge in [0.2, 0.25) is 0 Å². The van der Waals surface area contributed by atoms with E-state index in [4.69, 9.17) is 21.7 Å². The van der Waals surface area contributed by atoms with Crippen LogP contribution in [0.3, 0.4) is 0 Å². The number of para-hydroxylation sites is 1. The van der Waals surface area contributed by atoms with Crippen molar-refractivity contribution in [2.45, 2.75) is 0 Å². The first-order valence-corrected chi connectivity index (χ1v) is 7.05. The van der Waals surface area contributed by atoms with Crippen LogP contribution in [0.15, 0.2) is 42.7 Å². The van der Waals surface area contributed by atoms with Crippen LogP contribution in [-0.2, 0) is 0 Å². The van der Waals surface area contributed by atoms with Gasteiger partial charge in [0.15, 0.2) is 5.11 Å². The second-order valence-corrected chi connectivity index (χ2v) is 4.72. The molecule has 2 rings (SSSR count). The van der Waals surface area contributed by atoms with Crippen LogP contribution in [0.5, 0.6) is 11.5 Å². The minimum Gasteiger partial charge on any atom is -0.494 e. The van der Waals surface area contributed by atoms with E-state index < -0.39 is 0 Å². The van der Waals surface area contributed by atoms with E-state index in [9.17, 15) is 4.79 Å². The highest BCUT2D eigenvalue weighted by Crippen LogP contribution is 2.33. The lowest BCUT2D eigenvalue weighted by Gasteiger charge is -2.16. The van der Waals surface area contributed by atoms with Crippen LogP contribution in [0.25, 0.3) is 0 Å². The van der Waals surface area contributed by atoms with Crippen LogP contribution in [0.1, 0.15) is 10.4 Å². The van der Waals surface area contributed by atoms with Crippen LogP contribution < -0.4 is 25.6 Å². The normalized spacial score (nSPS) is 9.65. The Balaban J connectivity index is 1.99. The third-order valence-electron chi connectivity index (χ3n) is 2.88. The van der Waals surface area contributed by atoms with Gasteiger partial charge in [0, 0.05) is 12.4 Å². The molecule has 2 aromatic rings. The zero-order chi connectivity index (χ0) is 16.7. The fraction of sp³-hybridized carbons (Fsp3) is 0.133. The Morgan fingerprint density at radius 3 is 2.35 bits per heavy atom. The summed E-state index contributed by atoms with van der Waals surface area (Å²) in [5.41, 5.74) is 6.07. The summed E-state index contributed by atoms with van der Waals surface area (Å²) in [6, 6.07) is 8.64. The summed E-state index contributed by atoms with van der Waals surface area (Å²) in [5.74, 6) is 0.772. The van der Waals surface area contributed by atoms with Gasteiger partial charge in [0.05, 0.1) is 19.8 Å². The largest absolute Gasteiger partial charge is 0.494 e. The molecule has 120 valence electrons. The molecule has 0 spiro atoms. The van der Waals surface area contributed by atoms with Gasteiger partial charge in [-0.3, -0.25) is 20.6 Å². The summed E-state index contributed by atoms with van der Waals surface area (Å²) in [5, 5.41) is 3.11. The van der Waals surface area contributed by atoms with E-state index in [-0.39, 0.29) is 11.0 Å². The second kappa shape index (κ2) is 7.95. The van der Waals surface area contributed by atoms with Crippen LogP contribution in [-0.4, -0.2) is 30.2 Å². The lowest BCUT2D eigenvalue weighted by molar-refractivity contribution is 0.0944. The molecule has 0 saturated carbocycles. The molecule has 0 atom stereocenters. The van der Waals surface area contributed by atoms with Gasteiger partial charge in [0.1, 0.15) is 17.2 Å². The number of rotatable bonds is 4. The molecule has 0 aliphatic heterocycles. The first kappa shape index (κ1) is 16.5. The summed E-state index contributed by atoms with van der Waals surface area (Å²) >= 11 is 5.16. The van der Waals surface area contributed by atoms with Gasteiger partial charge in [-0.2, -0.15) is 0 Å². The van der Waals surface area contributed by atoms with Crippen molar-refractivity contribution in [2.75, 3.05) is 19.5 Å². The van der Waals surface area contributed by atoms with E-state index in [1.807, 2.05) is 0 Å². The number of thiocarbonyl (C=S) groups is 1. The first-order valence-electron chi connectivity index (χ1n) is 6.64. The van der Waals surface area contributed by atoms with E-state index in [0.717, 1.165) is 0 Å². The molecule has 7 nitrogen and oxygen atoms in total. The van der Waals surface area contributed by atoms with Crippen molar-refractivity contribution in [3.63, 3.8) is 0 Å². The molecule has 3 N–H and O–H groups in total. The lowest BCUT2D eigenvalue weighted by atomic mass is 10.2. The maximum atomic E-state index is 11.9. The van der Waals surface area contributed by atoms with E-state index >= 15 is 0 Å². The van der Waals surface area contributed by atoms with Gasteiger partial charge in [-0.15, -0.1) is 0 Å². The molecule has 1 heterocycles. The van der Waals surface area contributed by atoms with Gasteiger partial charge >= 0.3 is 0 Å². The minimum atomic E-state index is -0.353. The van der Waals surface area contributed by atoms with Gasteiger partial charge in [0.25, 0.3) is 5.91 Å². The van der Waals surface area contributed by atoms with Gasteiger partial charge in [-0.1, -0.05) is 6.07 Å². The van der Waals surface area contributed by atoms with Crippen LogP contribution >= 0.6 is 12.2 Å². The van der Waals surface area contributed by atoms with E-state index in [2.05, 4.69) is 21.2 Å². The van der Waals surface area contributed by atoms with Crippen molar-refractivity contribution in [1.29, 1.82) is 0 Å². The second-order valence-electron chi connectivity index (χ2n) is 4.31. The predicted molar refractivity (Wildman–Crippen MR) is 90.6 cm³/mol. The van der Waals surface area contributed by atoms with Crippen molar-refractivity contribution < 1.29 is 14.3 Å². The number of methoxy groups -OCH3 is 2. The average Bonchev–Trinajstić information content (AvgIpc) is 2.60. The summed E-state index contributed by atoms with van der Waals surface area (Å²) in [4.78, 5) is 15.8. The zero-order valence-electron chi connectivity index (χ0n) is 12.6. The maximum Gasteiger partial charge on any atom is 0.271 e. The summed E-state index contributed by atoms with van der Waals surface area (Å²) < 4.78 is 10.5. The highest BCUT2D eigenvalue weighted by Gasteiger charge is 2.12. The number of ether oxygens (including phenoxy) is 2. The van der Waals surface area contributed by atoms with Crippen LogP contribution in [0.2, 0.25) is 0 Å². The Morgan fingerprint density at radius 1 is 1.09 bits per heavy atom. The van der Waals surface area contributed by atoms with Gasteiger partial charge in [-0.25, -0.2) is 0 Å². The fourth-order valence-corrected chi connectivity index (χ4v) is 1.96. The number of hydrogen-bond acceptors (Lipinski definition) is 5. The molecule has 1 aromatic carbocycles. The number of nitrogens with one attached hydrogen (secondary N) is 3. The van der Waals surface area contributed by atoms with Crippen molar-refractivity contribution in [3.05, 3.63) is 48.3 Å². The molecule has 0 aliphatic carbocycles. The number of carbonyl (C=O) groups is 1. The molecule has 1 amide bonds. The molecule has 0 bridgehead atoms. The van der Waals surface area contributed by atoms with E-state index in [1.165, 1.54) is 6.20 Å². The highest BCUT2D eigenvalue weighted by atomic mass is 32.1. The van der Waals surface area contributed by atoms with Crippen LogP contribution in [0, 0.1) is 0 Å². The first-order chi connectivity index (χ1) is 11.2. The Bertz CT molecular complexity index is 672. The Labute approximate surface area is 139 Å². The van der Waals surface area contributed by atoms with Crippen molar-refractivity contribution >= 4 is 28.9 Å². The number of amides is 1. The van der Waals surface area contributed by atoms with E-state index in [0.29, 0.717) is 22.7 Å². The third-order valence-corrected chi connectivity index (χ3v) is 3.08. The maximum absolute atomic E-state index is 11.9. The lowest BCUT2D eigenvalue weighted by Crippen LogP contribution is -2.43. The molecular formula is C15H16N4O3S. The number of hydrogen-bond donors (Lipinski definition) is 3. The fourth-order valence-electron chi connectivity index (χ4n) is 1.80. The van der Waals surface area contributed by atoms with Crippen molar-refractivity contribution in [3.8, 4) is 11.5 Å². The van der Waals surface area contributed by atoms with Crippen molar-refractivity contribution in [1.82, 2.24) is 15.8 Å². The molecular weight excluding hydrogens is 316 g/mol. The Kier molecular flexibility index (Phi) is 5.70. The number of carbonyl (C=O) groups excluding carboxylic acids is 1. The zero-order valence-corrected chi connectivity index (χ0v) is 13.4. The molecule has 8 heteroatoms. The molecule has 23 heavy (non-hydrogen) atoms. The topological polar surface area (TPSA) is 84.5 Å². The molecule has 0 fully saturated rings. The monoisotopic (exact) mass is 332 g/mol. The number of nitrogens with zero attached hydrogens (tertiary/aromatic N) is 1. The molecule has 1 aromatic heterocycles. The Morgan fingerprint density at radius 2 is 1.78 bits per heavy atom. The predicted octanol–water partition coefficient (Wildman–Crippen LogP) is 1.73. The number of hydrazine groups is 1. The van der Waals surface area contributed by atoms with Crippen molar-refractivity contribution in [2.24, 2.45) is 0 Å². The number of pyridine rings is 1. The molecule has 0 saturated heterocycles. The minimum absolute atomic E-state index is 0.185. The van der Waals surface area contributed by atoms with Gasteiger partial charge in [-0.05, 0) is 36.5 Å². The summed E-state index contributed by atoms with van der Waals surface area (Å²) in [6.45, 7) is 0. The quantitative estimate of drug-likeness (QED) is 0.581.